The Balaban J connectivity index is 2.77. The SMILES string of the molecule is CC(C)CCNCCCBr. The first kappa shape index (κ1) is 10.4. The van der Waals surface area contributed by atoms with Gasteiger partial charge in [-0.1, -0.05) is 29.8 Å². The van der Waals surface area contributed by atoms with Crippen LogP contribution in [0.1, 0.15) is 26.7 Å². The predicted molar refractivity (Wildman–Crippen MR) is 50.7 cm³/mol. The van der Waals surface area contributed by atoms with E-state index in [1.165, 1.54) is 19.4 Å². The molecule has 1 nitrogen and oxygen atoms in total. The molecule has 1 N–H and O–H groups in total. The molecule has 0 bridgehead atoms. The topological polar surface area (TPSA) is 12.0 Å². The van der Waals surface area contributed by atoms with Gasteiger partial charge in [0.25, 0.3) is 0 Å². The van der Waals surface area contributed by atoms with Crippen molar-refractivity contribution in [3.63, 3.8) is 0 Å². The Kier molecular flexibility index (Phi) is 7.88. The van der Waals surface area contributed by atoms with E-state index in [0.29, 0.717) is 0 Å². The van der Waals surface area contributed by atoms with Crippen LogP contribution in [0, 0.1) is 5.92 Å². The van der Waals surface area contributed by atoms with Gasteiger partial charge in [-0.25, -0.2) is 0 Å². The number of hydrogen-bond acceptors (Lipinski definition) is 1. The Morgan fingerprint density at radius 1 is 1.30 bits per heavy atom. The maximum atomic E-state index is 3.39. The maximum Gasteiger partial charge on any atom is 0.00433 e. The van der Waals surface area contributed by atoms with Crippen molar-refractivity contribution in [1.82, 2.24) is 5.32 Å². The second-order valence-corrected chi connectivity index (χ2v) is 3.77. The van der Waals surface area contributed by atoms with E-state index in [4.69, 9.17) is 0 Å². The molecule has 2 heteroatoms. The summed E-state index contributed by atoms with van der Waals surface area (Å²) < 4.78 is 0. The van der Waals surface area contributed by atoms with Gasteiger partial charge in [-0.15, -0.1) is 0 Å². The van der Waals surface area contributed by atoms with Crippen LogP contribution in [0.2, 0.25) is 0 Å². The molecule has 62 valence electrons. The number of nitrogens with one attached hydrogen (secondary N) is 1. The van der Waals surface area contributed by atoms with Crippen LogP contribution in [-0.2, 0) is 0 Å². The molecule has 0 aliphatic heterocycles. The van der Waals surface area contributed by atoms with Crippen molar-refractivity contribution in [1.29, 1.82) is 0 Å². The zero-order chi connectivity index (χ0) is 7.82. The van der Waals surface area contributed by atoms with E-state index in [2.05, 4.69) is 35.1 Å². The summed E-state index contributed by atoms with van der Waals surface area (Å²) in [5.41, 5.74) is 0. The molecule has 0 saturated heterocycles. The highest BCUT2D eigenvalue weighted by atomic mass is 79.9. The van der Waals surface area contributed by atoms with E-state index in [-0.39, 0.29) is 0 Å². The molecule has 0 aliphatic carbocycles. The van der Waals surface area contributed by atoms with E-state index in [9.17, 15) is 0 Å². The molecule has 0 aromatic heterocycles. The third-order valence-corrected chi connectivity index (χ3v) is 1.95. The summed E-state index contributed by atoms with van der Waals surface area (Å²) in [6.07, 6.45) is 2.53. The number of hydrogen-bond donors (Lipinski definition) is 1. The van der Waals surface area contributed by atoms with Crippen LogP contribution in [0.15, 0.2) is 0 Å². The highest BCUT2D eigenvalue weighted by Crippen LogP contribution is 1.96. The molecule has 0 unspecified atom stereocenters. The zero-order valence-corrected chi connectivity index (χ0v) is 8.58. The van der Waals surface area contributed by atoms with E-state index in [1.54, 1.807) is 0 Å². The highest BCUT2D eigenvalue weighted by Gasteiger charge is 1.91. The van der Waals surface area contributed by atoms with Gasteiger partial charge in [-0.2, -0.15) is 0 Å². The summed E-state index contributed by atoms with van der Waals surface area (Å²) in [6, 6.07) is 0. The fraction of sp³-hybridized carbons (Fsp3) is 1.00. The van der Waals surface area contributed by atoms with Crippen molar-refractivity contribution in [3.05, 3.63) is 0 Å². The average molecular weight is 208 g/mol. The van der Waals surface area contributed by atoms with E-state index < -0.39 is 0 Å². The van der Waals surface area contributed by atoms with Gasteiger partial charge in [0.2, 0.25) is 0 Å². The van der Waals surface area contributed by atoms with Crippen molar-refractivity contribution in [3.8, 4) is 0 Å². The summed E-state index contributed by atoms with van der Waals surface area (Å²) in [5.74, 6) is 0.830. The first-order chi connectivity index (χ1) is 4.77. The minimum absolute atomic E-state index is 0.830. The average Bonchev–Trinajstić information content (AvgIpc) is 1.87. The van der Waals surface area contributed by atoms with Gasteiger partial charge < -0.3 is 5.32 Å². The Morgan fingerprint density at radius 3 is 2.50 bits per heavy atom. The molecule has 10 heavy (non-hydrogen) atoms. The molecule has 0 rings (SSSR count). The Morgan fingerprint density at radius 2 is 2.00 bits per heavy atom. The molecular weight excluding hydrogens is 190 g/mol. The van der Waals surface area contributed by atoms with Crippen molar-refractivity contribution in [2.75, 3.05) is 18.4 Å². The second kappa shape index (κ2) is 7.55. The van der Waals surface area contributed by atoms with Crippen molar-refractivity contribution >= 4 is 15.9 Å². The Bertz CT molecular complexity index is 64.3. The lowest BCUT2D eigenvalue weighted by Crippen LogP contribution is -2.18. The fourth-order valence-electron chi connectivity index (χ4n) is 0.708. The summed E-state index contributed by atoms with van der Waals surface area (Å²) in [6.45, 7) is 6.83. The molecule has 0 heterocycles. The zero-order valence-electron chi connectivity index (χ0n) is 6.99. The number of alkyl halides is 1. The van der Waals surface area contributed by atoms with Gasteiger partial charge in [-0.05, 0) is 31.8 Å². The van der Waals surface area contributed by atoms with Gasteiger partial charge in [0.15, 0.2) is 0 Å². The lowest BCUT2D eigenvalue weighted by molar-refractivity contribution is 0.538. The number of rotatable bonds is 6. The summed E-state index contributed by atoms with van der Waals surface area (Å²) in [7, 11) is 0. The molecule has 0 aliphatic rings. The molecule has 0 fully saturated rings. The molecule has 0 aromatic carbocycles. The van der Waals surface area contributed by atoms with E-state index >= 15 is 0 Å². The molecule has 0 saturated carbocycles. The van der Waals surface area contributed by atoms with Crippen LogP contribution in [0.3, 0.4) is 0 Å². The maximum absolute atomic E-state index is 3.39. The minimum Gasteiger partial charge on any atom is -0.317 e. The van der Waals surface area contributed by atoms with Crippen LogP contribution < -0.4 is 5.32 Å². The Labute approximate surface area is 72.7 Å². The van der Waals surface area contributed by atoms with Crippen molar-refractivity contribution in [2.45, 2.75) is 26.7 Å². The predicted octanol–water partition coefficient (Wildman–Crippen LogP) is 2.41. The summed E-state index contributed by atoms with van der Waals surface area (Å²) >= 11 is 3.39. The monoisotopic (exact) mass is 207 g/mol. The van der Waals surface area contributed by atoms with Gasteiger partial charge in [0.05, 0.1) is 0 Å². The minimum atomic E-state index is 0.830. The standard InChI is InChI=1S/C8H18BrN/c1-8(2)4-7-10-6-3-5-9/h8,10H,3-7H2,1-2H3. The first-order valence-electron chi connectivity index (χ1n) is 4.04. The lowest BCUT2D eigenvalue weighted by Gasteiger charge is -2.04. The molecule has 0 aromatic rings. The fourth-order valence-corrected chi connectivity index (χ4v) is 0.988. The summed E-state index contributed by atoms with van der Waals surface area (Å²) in [5, 5.41) is 4.50. The first-order valence-corrected chi connectivity index (χ1v) is 5.16. The molecular formula is C8H18BrN. The highest BCUT2D eigenvalue weighted by molar-refractivity contribution is 9.09. The largest absolute Gasteiger partial charge is 0.317 e. The van der Waals surface area contributed by atoms with Crippen LogP contribution in [0.4, 0.5) is 0 Å². The van der Waals surface area contributed by atoms with Crippen molar-refractivity contribution in [2.24, 2.45) is 5.92 Å². The van der Waals surface area contributed by atoms with Crippen molar-refractivity contribution < 1.29 is 0 Å². The van der Waals surface area contributed by atoms with Gasteiger partial charge in [0, 0.05) is 5.33 Å². The van der Waals surface area contributed by atoms with E-state index in [1.807, 2.05) is 0 Å². The Hall–Kier alpha value is 0.440. The molecule has 0 radical (unpaired) electrons. The quantitative estimate of drug-likeness (QED) is 0.522. The second-order valence-electron chi connectivity index (χ2n) is 2.98. The summed E-state index contributed by atoms with van der Waals surface area (Å²) in [4.78, 5) is 0. The van der Waals surface area contributed by atoms with Gasteiger partial charge in [-0.3, -0.25) is 0 Å². The third kappa shape index (κ3) is 8.44. The smallest absolute Gasteiger partial charge is 0.00433 e. The van der Waals surface area contributed by atoms with Crippen LogP contribution >= 0.6 is 15.9 Å². The van der Waals surface area contributed by atoms with E-state index in [0.717, 1.165) is 17.8 Å². The molecule has 0 amide bonds. The van der Waals surface area contributed by atoms with Crippen LogP contribution in [0.25, 0.3) is 0 Å². The molecule has 0 spiro atoms. The lowest BCUT2D eigenvalue weighted by atomic mass is 10.1. The third-order valence-electron chi connectivity index (χ3n) is 1.39. The van der Waals surface area contributed by atoms with Gasteiger partial charge in [0.1, 0.15) is 0 Å². The van der Waals surface area contributed by atoms with Crippen LogP contribution in [0.5, 0.6) is 0 Å². The normalized spacial score (nSPS) is 10.8. The number of halogens is 1. The van der Waals surface area contributed by atoms with Gasteiger partial charge >= 0.3 is 0 Å². The van der Waals surface area contributed by atoms with Crippen LogP contribution in [-0.4, -0.2) is 18.4 Å². The molecule has 0 atom stereocenters.